The Kier molecular flexibility index (Phi) is 5.28. The van der Waals surface area contributed by atoms with Crippen LogP contribution in [0, 0.1) is 6.92 Å². The minimum Gasteiger partial charge on any atom is -0.468 e. The highest BCUT2D eigenvalue weighted by Gasteiger charge is 2.32. The zero-order valence-electron chi connectivity index (χ0n) is 12.9. The molecule has 0 radical (unpaired) electrons. The van der Waals surface area contributed by atoms with Gasteiger partial charge in [-0.3, -0.25) is 0 Å². The van der Waals surface area contributed by atoms with Crippen molar-refractivity contribution in [1.29, 1.82) is 0 Å². The molecule has 0 spiro atoms. The summed E-state index contributed by atoms with van der Waals surface area (Å²) in [5, 5.41) is -1.12. The molecule has 0 unspecified atom stereocenters. The Hall–Kier alpha value is -1.64. The molecule has 2 aromatic rings. The molecule has 0 saturated heterocycles. The van der Waals surface area contributed by atoms with Gasteiger partial charge in [-0.05, 0) is 38.1 Å². The quantitative estimate of drug-likeness (QED) is 0.818. The predicted octanol–water partition coefficient (Wildman–Crippen LogP) is 2.04. The van der Waals surface area contributed by atoms with Gasteiger partial charge in [0.25, 0.3) is 0 Å². The number of hydrogen-bond donors (Lipinski definition) is 1. The molecule has 0 saturated carbocycles. The average molecular weight is 357 g/mol. The molecule has 0 bridgehead atoms. The minimum absolute atomic E-state index is 0.123. The number of furan rings is 1. The Balaban J connectivity index is 2.39. The van der Waals surface area contributed by atoms with Crippen LogP contribution in [0.25, 0.3) is 0 Å². The zero-order chi connectivity index (χ0) is 17.1. The summed E-state index contributed by atoms with van der Waals surface area (Å²) in [6, 6.07) is 9.51. The summed E-state index contributed by atoms with van der Waals surface area (Å²) in [6.45, 7) is 3.06. The summed E-state index contributed by atoms with van der Waals surface area (Å²) in [4.78, 5) is 0.125. The van der Waals surface area contributed by atoms with E-state index >= 15 is 0 Å². The van der Waals surface area contributed by atoms with Crippen LogP contribution in [0.1, 0.15) is 23.5 Å². The second-order valence-electron chi connectivity index (χ2n) is 5.11. The van der Waals surface area contributed by atoms with Gasteiger partial charge in [0.15, 0.2) is 9.84 Å². The normalized spacial score (nSPS) is 13.8. The molecule has 0 aliphatic heterocycles. The fourth-order valence-electron chi connectivity index (χ4n) is 2.03. The molecule has 23 heavy (non-hydrogen) atoms. The Morgan fingerprint density at radius 2 is 1.74 bits per heavy atom. The van der Waals surface area contributed by atoms with E-state index in [2.05, 4.69) is 4.72 Å². The summed E-state index contributed by atoms with van der Waals surface area (Å²) >= 11 is 0. The number of rotatable bonds is 7. The van der Waals surface area contributed by atoms with E-state index < -0.39 is 25.1 Å². The maximum absolute atomic E-state index is 12.9. The molecule has 2 rings (SSSR count). The first kappa shape index (κ1) is 17.7. The lowest BCUT2D eigenvalue weighted by atomic mass is 10.2. The SMILES string of the molecule is CCS(=O)(=O)NC[C@@H](c1ccco1)S(=O)(=O)c1ccc(C)cc1. The van der Waals surface area contributed by atoms with E-state index in [0.717, 1.165) is 5.56 Å². The number of hydrogen-bond acceptors (Lipinski definition) is 5. The monoisotopic (exact) mass is 357 g/mol. The number of sulfone groups is 1. The molecule has 8 heteroatoms. The Morgan fingerprint density at radius 1 is 1.09 bits per heavy atom. The summed E-state index contributed by atoms with van der Waals surface area (Å²) in [6.07, 6.45) is 1.36. The maximum atomic E-state index is 12.9. The molecular formula is C15H19NO5S2. The van der Waals surface area contributed by atoms with Gasteiger partial charge >= 0.3 is 0 Å². The van der Waals surface area contributed by atoms with Crippen molar-refractivity contribution in [2.45, 2.75) is 24.0 Å². The van der Waals surface area contributed by atoms with Crippen molar-refractivity contribution in [3.63, 3.8) is 0 Å². The van der Waals surface area contributed by atoms with E-state index in [1.54, 1.807) is 18.2 Å². The largest absolute Gasteiger partial charge is 0.468 e. The second kappa shape index (κ2) is 6.86. The molecular weight excluding hydrogens is 338 g/mol. The molecule has 0 amide bonds. The minimum atomic E-state index is -3.79. The van der Waals surface area contributed by atoms with E-state index in [-0.39, 0.29) is 23.0 Å². The van der Waals surface area contributed by atoms with Crippen LogP contribution in [0.2, 0.25) is 0 Å². The molecule has 1 atom stereocenters. The second-order valence-corrected chi connectivity index (χ2v) is 9.34. The van der Waals surface area contributed by atoms with Gasteiger partial charge in [0, 0.05) is 6.54 Å². The molecule has 1 aromatic carbocycles. The fourth-order valence-corrected chi connectivity index (χ4v) is 4.35. The first-order valence-corrected chi connectivity index (χ1v) is 10.3. The third-order valence-corrected chi connectivity index (χ3v) is 6.90. The Bertz CT molecular complexity index is 838. The van der Waals surface area contributed by atoms with Crippen LogP contribution in [0.4, 0.5) is 0 Å². The van der Waals surface area contributed by atoms with Crippen molar-refractivity contribution in [3.05, 3.63) is 54.0 Å². The number of aryl methyl sites for hydroxylation is 1. The lowest BCUT2D eigenvalue weighted by Gasteiger charge is -2.16. The number of benzene rings is 1. The van der Waals surface area contributed by atoms with E-state index in [4.69, 9.17) is 4.42 Å². The van der Waals surface area contributed by atoms with Crippen LogP contribution in [0.15, 0.2) is 52.0 Å². The van der Waals surface area contributed by atoms with E-state index in [9.17, 15) is 16.8 Å². The predicted molar refractivity (Wildman–Crippen MR) is 87.3 cm³/mol. The fraction of sp³-hybridized carbons (Fsp3) is 0.333. The highest BCUT2D eigenvalue weighted by atomic mass is 32.2. The van der Waals surface area contributed by atoms with Crippen LogP contribution in [-0.2, 0) is 19.9 Å². The lowest BCUT2D eigenvalue weighted by Crippen LogP contribution is -2.32. The van der Waals surface area contributed by atoms with Crippen LogP contribution < -0.4 is 4.72 Å². The topological polar surface area (TPSA) is 93.4 Å². The van der Waals surface area contributed by atoms with Gasteiger partial charge in [0.2, 0.25) is 10.0 Å². The van der Waals surface area contributed by atoms with E-state index in [1.165, 1.54) is 31.4 Å². The average Bonchev–Trinajstić information content (AvgIpc) is 3.01. The molecule has 1 aromatic heterocycles. The lowest BCUT2D eigenvalue weighted by molar-refractivity contribution is 0.486. The van der Waals surface area contributed by atoms with Crippen molar-refractivity contribution in [3.8, 4) is 0 Å². The van der Waals surface area contributed by atoms with Crippen molar-refractivity contribution in [2.24, 2.45) is 0 Å². The first-order chi connectivity index (χ1) is 10.8. The third kappa shape index (κ3) is 4.21. The summed E-state index contributed by atoms with van der Waals surface area (Å²) in [5.74, 6) is 0.0759. The van der Waals surface area contributed by atoms with Crippen LogP contribution in [0.5, 0.6) is 0 Å². The first-order valence-electron chi connectivity index (χ1n) is 7.07. The Labute approximate surface area is 136 Å². The van der Waals surface area contributed by atoms with Gasteiger partial charge in [-0.1, -0.05) is 17.7 Å². The molecule has 0 aliphatic rings. The van der Waals surface area contributed by atoms with Gasteiger partial charge in [-0.25, -0.2) is 21.6 Å². The van der Waals surface area contributed by atoms with E-state index in [1.807, 2.05) is 6.92 Å². The number of nitrogens with one attached hydrogen (secondary N) is 1. The smallest absolute Gasteiger partial charge is 0.211 e. The van der Waals surface area contributed by atoms with Crippen molar-refractivity contribution in [1.82, 2.24) is 4.72 Å². The summed E-state index contributed by atoms with van der Waals surface area (Å²) < 4.78 is 56.5. The van der Waals surface area contributed by atoms with Gasteiger partial charge in [0.05, 0.1) is 16.9 Å². The zero-order valence-corrected chi connectivity index (χ0v) is 14.5. The van der Waals surface area contributed by atoms with Gasteiger partial charge in [0.1, 0.15) is 11.0 Å². The summed E-state index contributed by atoms with van der Waals surface area (Å²) in [5.41, 5.74) is 0.935. The van der Waals surface area contributed by atoms with Gasteiger partial charge in [-0.2, -0.15) is 0 Å². The maximum Gasteiger partial charge on any atom is 0.211 e. The Morgan fingerprint density at radius 3 is 2.26 bits per heavy atom. The standard InChI is InChI=1S/C15H19NO5S2/c1-3-22(17,18)16-11-15(14-5-4-10-21-14)23(19,20)13-8-6-12(2)7-9-13/h4-10,15-16H,3,11H2,1-2H3/t15-/m0/s1. The van der Waals surface area contributed by atoms with Crippen molar-refractivity contribution in [2.75, 3.05) is 12.3 Å². The van der Waals surface area contributed by atoms with Crippen molar-refractivity contribution >= 4 is 19.9 Å². The third-order valence-electron chi connectivity index (χ3n) is 3.45. The van der Waals surface area contributed by atoms with Crippen molar-refractivity contribution < 1.29 is 21.3 Å². The highest BCUT2D eigenvalue weighted by Crippen LogP contribution is 2.29. The molecule has 0 fully saturated rings. The molecule has 1 heterocycles. The van der Waals surface area contributed by atoms with Gasteiger partial charge < -0.3 is 4.42 Å². The van der Waals surface area contributed by atoms with Crippen LogP contribution in [-0.4, -0.2) is 29.1 Å². The van der Waals surface area contributed by atoms with Gasteiger partial charge in [-0.15, -0.1) is 0 Å². The highest BCUT2D eigenvalue weighted by molar-refractivity contribution is 7.92. The molecule has 126 valence electrons. The summed E-state index contributed by atoms with van der Waals surface area (Å²) in [7, 11) is -7.30. The van der Waals surface area contributed by atoms with E-state index in [0.29, 0.717) is 0 Å². The molecule has 1 N–H and O–H groups in total. The molecule has 0 aliphatic carbocycles. The van der Waals surface area contributed by atoms with Crippen LogP contribution in [0.3, 0.4) is 0 Å². The number of sulfonamides is 1. The molecule has 6 nitrogen and oxygen atoms in total. The van der Waals surface area contributed by atoms with Crippen LogP contribution >= 0.6 is 0 Å².